The molecule has 0 radical (unpaired) electrons. The highest BCUT2D eigenvalue weighted by Crippen LogP contribution is 2.27. The molecule has 1 N–H and O–H groups in total. The third-order valence-electron chi connectivity index (χ3n) is 3.96. The van der Waals surface area contributed by atoms with Crippen LogP contribution in [0, 0.1) is 0 Å². The van der Waals surface area contributed by atoms with Gasteiger partial charge in [-0.2, -0.15) is 0 Å². The molecule has 0 unspecified atom stereocenters. The van der Waals surface area contributed by atoms with E-state index in [1.807, 2.05) is 0 Å². The second-order valence-corrected chi connectivity index (χ2v) is 5.53. The molecule has 2 rings (SSSR count). The fourth-order valence-electron chi connectivity index (χ4n) is 2.69. The molecule has 2 saturated carbocycles. The summed E-state index contributed by atoms with van der Waals surface area (Å²) < 4.78 is 0. The number of carbonyl (C=O) groups excluding carboxylic acids is 1. The molecule has 0 spiro atoms. The Bertz CT molecular complexity index is 245. The second kappa shape index (κ2) is 6.39. The molecule has 0 bridgehead atoms. The van der Waals surface area contributed by atoms with Gasteiger partial charge in [0.1, 0.15) is 0 Å². The lowest BCUT2D eigenvalue weighted by Gasteiger charge is -2.23. The number of carbonyl (C=O) groups is 1. The van der Waals surface area contributed by atoms with Crippen LogP contribution in [0.3, 0.4) is 0 Å². The van der Waals surface area contributed by atoms with Crippen LogP contribution in [0.4, 0.5) is 0 Å². The molecule has 0 aliphatic heterocycles. The van der Waals surface area contributed by atoms with Crippen LogP contribution in [0.2, 0.25) is 0 Å². The number of amides is 1. The maximum atomic E-state index is 12.2. The summed E-state index contributed by atoms with van der Waals surface area (Å²) in [5, 5.41) is 3.43. The number of nitrogens with one attached hydrogen (secondary N) is 1. The number of hydrogen-bond donors (Lipinski definition) is 1. The summed E-state index contributed by atoms with van der Waals surface area (Å²) in [6.07, 6.45) is 9.93. The van der Waals surface area contributed by atoms with E-state index in [0.29, 0.717) is 24.5 Å². The van der Waals surface area contributed by atoms with Crippen LogP contribution in [0.1, 0.15) is 58.3 Å². The normalized spacial score (nSPS) is 20.8. The minimum Gasteiger partial charge on any atom is -0.339 e. The van der Waals surface area contributed by atoms with Crippen LogP contribution >= 0.6 is 0 Å². The van der Waals surface area contributed by atoms with Gasteiger partial charge in [-0.25, -0.2) is 0 Å². The van der Waals surface area contributed by atoms with Gasteiger partial charge >= 0.3 is 0 Å². The van der Waals surface area contributed by atoms with Crippen LogP contribution < -0.4 is 5.32 Å². The fourth-order valence-corrected chi connectivity index (χ4v) is 2.69. The van der Waals surface area contributed by atoms with Gasteiger partial charge in [-0.1, -0.05) is 26.2 Å². The van der Waals surface area contributed by atoms with E-state index in [2.05, 4.69) is 17.1 Å². The average molecular weight is 238 g/mol. The zero-order valence-electron chi connectivity index (χ0n) is 11.1. The molecule has 0 atom stereocenters. The van der Waals surface area contributed by atoms with Gasteiger partial charge in [0, 0.05) is 18.6 Å². The summed E-state index contributed by atoms with van der Waals surface area (Å²) in [4.78, 5) is 14.3. The van der Waals surface area contributed by atoms with Crippen LogP contribution in [0.5, 0.6) is 0 Å². The third-order valence-corrected chi connectivity index (χ3v) is 3.96. The monoisotopic (exact) mass is 238 g/mol. The van der Waals surface area contributed by atoms with Crippen LogP contribution in [0.15, 0.2) is 0 Å². The maximum Gasteiger partial charge on any atom is 0.236 e. The van der Waals surface area contributed by atoms with Crippen molar-refractivity contribution in [1.29, 1.82) is 0 Å². The van der Waals surface area contributed by atoms with Crippen molar-refractivity contribution >= 4 is 5.91 Å². The number of unbranched alkanes of at least 4 members (excludes halogenated alkanes) is 1. The van der Waals surface area contributed by atoms with Crippen LogP contribution in [-0.2, 0) is 4.79 Å². The molecule has 0 aromatic rings. The topological polar surface area (TPSA) is 32.3 Å². The minimum atomic E-state index is 0.327. The zero-order valence-corrected chi connectivity index (χ0v) is 11.1. The SMILES string of the molecule is CCCCN(C(=O)CNC1CCCC1)C1CC1. The predicted molar refractivity (Wildman–Crippen MR) is 69.9 cm³/mol. The van der Waals surface area contributed by atoms with Gasteiger partial charge in [-0.3, -0.25) is 4.79 Å². The van der Waals surface area contributed by atoms with Crippen molar-refractivity contribution in [2.24, 2.45) is 0 Å². The second-order valence-electron chi connectivity index (χ2n) is 5.53. The minimum absolute atomic E-state index is 0.327. The first-order valence-corrected chi connectivity index (χ1v) is 7.34. The van der Waals surface area contributed by atoms with E-state index in [1.165, 1.54) is 44.9 Å². The smallest absolute Gasteiger partial charge is 0.236 e. The van der Waals surface area contributed by atoms with E-state index in [-0.39, 0.29) is 0 Å². The highest BCUT2D eigenvalue weighted by atomic mass is 16.2. The van der Waals surface area contributed by atoms with E-state index < -0.39 is 0 Å². The van der Waals surface area contributed by atoms with Crippen molar-refractivity contribution in [1.82, 2.24) is 10.2 Å². The third kappa shape index (κ3) is 3.98. The lowest BCUT2D eigenvalue weighted by molar-refractivity contribution is -0.131. The summed E-state index contributed by atoms with van der Waals surface area (Å²) in [6, 6.07) is 1.17. The number of hydrogen-bond acceptors (Lipinski definition) is 2. The Hall–Kier alpha value is -0.570. The Morgan fingerprint density at radius 2 is 1.94 bits per heavy atom. The summed E-state index contributed by atoms with van der Waals surface area (Å²) in [5.74, 6) is 0.327. The van der Waals surface area contributed by atoms with Gasteiger partial charge < -0.3 is 10.2 Å². The van der Waals surface area contributed by atoms with Crippen LogP contribution in [-0.4, -0.2) is 36.0 Å². The van der Waals surface area contributed by atoms with Crippen molar-refractivity contribution in [3.8, 4) is 0 Å². The number of nitrogens with zero attached hydrogens (tertiary/aromatic N) is 1. The van der Waals surface area contributed by atoms with Crippen molar-refractivity contribution < 1.29 is 4.79 Å². The Labute approximate surface area is 105 Å². The molecule has 2 aliphatic rings. The lowest BCUT2D eigenvalue weighted by Crippen LogP contribution is -2.42. The summed E-state index contributed by atoms with van der Waals surface area (Å²) >= 11 is 0. The molecule has 0 aromatic carbocycles. The van der Waals surface area contributed by atoms with Gasteiger partial charge in [-0.05, 0) is 32.1 Å². The molecule has 1 amide bonds. The predicted octanol–water partition coefficient (Wildman–Crippen LogP) is 2.31. The Morgan fingerprint density at radius 3 is 2.53 bits per heavy atom. The van der Waals surface area contributed by atoms with Gasteiger partial charge in [-0.15, -0.1) is 0 Å². The van der Waals surface area contributed by atoms with Crippen molar-refractivity contribution in [3.63, 3.8) is 0 Å². The molecule has 2 aliphatic carbocycles. The molecule has 0 aromatic heterocycles. The van der Waals surface area contributed by atoms with E-state index in [4.69, 9.17) is 0 Å². The first kappa shape index (κ1) is 12.9. The first-order valence-electron chi connectivity index (χ1n) is 7.34. The van der Waals surface area contributed by atoms with Crippen molar-refractivity contribution in [2.75, 3.05) is 13.1 Å². The molecule has 17 heavy (non-hydrogen) atoms. The van der Waals surface area contributed by atoms with Crippen molar-refractivity contribution in [2.45, 2.75) is 70.4 Å². The molecule has 3 nitrogen and oxygen atoms in total. The summed E-state index contributed by atoms with van der Waals surface area (Å²) in [5.41, 5.74) is 0. The maximum absolute atomic E-state index is 12.2. The first-order chi connectivity index (χ1) is 8.31. The Kier molecular flexibility index (Phi) is 4.84. The molecular weight excluding hydrogens is 212 g/mol. The van der Waals surface area contributed by atoms with E-state index in [0.717, 1.165) is 13.0 Å². The Morgan fingerprint density at radius 1 is 1.24 bits per heavy atom. The van der Waals surface area contributed by atoms with Gasteiger partial charge in [0.25, 0.3) is 0 Å². The summed E-state index contributed by atoms with van der Waals surface area (Å²) in [6.45, 7) is 3.71. The highest BCUT2D eigenvalue weighted by molar-refractivity contribution is 5.79. The van der Waals surface area contributed by atoms with Crippen LogP contribution in [0.25, 0.3) is 0 Å². The molecule has 2 fully saturated rings. The van der Waals surface area contributed by atoms with E-state index in [9.17, 15) is 4.79 Å². The Balaban J connectivity index is 1.71. The fraction of sp³-hybridized carbons (Fsp3) is 0.929. The summed E-state index contributed by atoms with van der Waals surface area (Å²) in [7, 11) is 0. The van der Waals surface area contributed by atoms with E-state index >= 15 is 0 Å². The molecule has 3 heteroatoms. The molecule has 0 heterocycles. The zero-order chi connectivity index (χ0) is 12.1. The van der Waals surface area contributed by atoms with E-state index in [1.54, 1.807) is 0 Å². The quantitative estimate of drug-likeness (QED) is 0.738. The van der Waals surface area contributed by atoms with Gasteiger partial charge in [0.2, 0.25) is 5.91 Å². The standard InChI is InChI=1S/C14H26N2O/c1-2-3-10-16(13-8-9-13)14(17)11-15-12-6-4-5-7-12/h12-13,15H,2-11H2,1H3. The van der Waals surface area contributed by atoms with Gasteiger partial charge in [0.15, 0.2) is 0 Å². The largest absolute Gasteiger partial charge is 0.339 e. The van der Waals surface area contributed by atoms with Crippen molar-refractivity contribution in [3.05, 3.63) is 0 Å². The molecule has 98 valence electrons. The molecular formula is C14H26N2O. The average Bonchev–Trinajstić information content (AvgIpc) is 3.03. The number of rotatable bonds is 7. The molecule has 0 saturated heterocycles. The van der Waals surface area contributed by atoms with Gasteiger partial charge in [0.05, 0.1) is 6.54 Å². The lowest BCUT2D eigenvalue weighted by atomic mass is 10.2. The highest BCUT2D eigenvalue weighted by Gasteiger charge is 2.31.